The van der Waals surface area contributed by atoms with Crippen molar-refractivity contribution >= 4 is 0 Å². The van der Waals surface area contributed by atoms with Crippen molar-refractivity contribution in [1.82, 2.24) is 5.32 Å². The van der Waals surface area contributed by atoms with Gasteiger partial charge >= 0.3 is 0 Å². The fourth-order valence-corrected chi connectivity index (χ4v) is 1.32. The fraction of sp³-hybridized carbons (Fsp3) is 0.636. The van der Waals surface area contributed by atoms with Gasteiger partial charge in [0.05, 0.1) is 0 Å². The van der Waals surface area contributed by atoms with Crippen LogP contribution in [-0.2, 0) is 0 Å². The zero-order valence-corrected chi connectivity index (χ0v) is 8.72. The Labute approximate surface area is 76.6 Å². The molecule has 0 rings (SSSR count). The van der Waals surface area contributed by atoms with E-state index in [9.17, 15) is 0 Å². The summed E-state index contributed by atoms with van der Waals surface area (Å²) in [4.78, 5) is 0. The van der Waals surface area contributed by atoms with Gasteiger partial charge in [0.1, 0.15) is 0 Å². The van der Waals surface area contributed by atoms with Crippen molar-refractivity contribution in [2.24, 2.45) is 5.92 Å². The lowest BCUT2D eigenvalue weighted by Gasteiger charge is -2.10. The Bertz CT molecular complexity index is 156. The molecule has 0 aromatic rings. The molecule has 0 bridgehead atoms. The maximum Gasteiger partial charge on any atom is 0.00277 e. The largest absolute Gasteiger partial charge is 0.394 e. The highest BCUT2D eigenvalue weighted by Crippen LogP contribution is 2.16. The Kier molecular flexibility index (Phi) is 6.54. The predicted molar refractivity (Wildman–Crippen MR) is 56.0 cm³/mol. The van der Waals surface area contributed by atoms with E-state index in [4.69, 9.17) is 0 Å². The molecule has 70 valence electrons. The summed E-state index contributed by atoms with van der Waals surface area (Å²) in [6, 6.07) is 0. The van der Waals surface area contributed by atoms with E-state index in [1.54, 1.807) is 0 Å². The predicted octanol–water partition coefficient (Wildman–Crippen LogP) is 3.10. The molecule has 0 fully saturated rings. The van der Waals surface area contributed by atoms with Crippen molar-refractivity contribution in [2.45, 2.75) is 33.6 Å². The number of hydrogen-bond donors (Lipinski definition) is 1. The van der Waals surface area contributed by atoms with Gasteiger partial charge in [0.25, 0.3) is 0 Å². The van der Waals surface area contributed by atoms with Crippen molar-refractivity contribution < 1.29 is 0 Å². The molecule has 0 radical (unpaired) electrons. The van der Waals surface area contributed by atoms with E-state index in [1.165, 1.54) is 18.4 Å². The molecule has 1 atom stereocenters. The summed E-state index contributed by atoms with van der Waals surface area (Å²) in [6.45, 7) is 6.60. The van der Waals surface area contributed by atoms with E-state index < -0.39 is 0 Å². The zero-order chi connectivity index (χ0) is 9.40. The van der Waals surface area contributed by atoms with Gasteiger partial charge in [-0.2, -0.15) is 0 Å². The molecule has 0 aromatic carbocycles. The average Bonchev–Trinajstić information content (AvgIpc) is 2.06. The van der Waals surface area contributed by atoms with Gasteiger partial charge in [0.2, 0.25) is 0 Å². The van der Waals surface area contributed by atoms with Crippen LogP contribution in [0, 0.1) is 5.92 Å². The highest BCUT2D eigenvalue weighted by molar-refractivity contribution is 5.19. The Morgan fingerprint density at radius 3 is 2.58 bits per heavy atom. The van der Waals surface area contributed by atoms with Crippen molar-refractivity contribution in [3.8, 4) is 0 Å². The summed E-state index contributed by atoms with van der Waals surface area (Å²) in [6.07, 6.45) is 8.86. The van der Waals surface area contributed by atoms with Crippen LogP contribution in [0.4, 0.5) is 0 Å². The lowest BCUT2D eigenvalue weighted by molar-refractivity contribution is 0.611. The molecule has 1 nitrogen and oxygen atoms in total. The van der Waals surface area contributed by atoms with Gasteiger partial charge in [-0.1, -0.05) is 26.3 Å². The molecule has 0 spiro atoms. The van der Waals surface area contributed by atoms with E-state index in [0.29, 0.717) is 5.92 Å². The lowest BCUT2D eigenvalue weighted by atomic mass is 9.96. The molecule has 1 unspecified atom stereocenters. The van der Waals surface area contributed by atoms with Gasteiger partial charge in [-0.05, 0) is 37.1 Å². The van der Waals surface area contributed by atoms with E-state index in [0.717, 1.165) is 0 Å². The van der Waals surface area contributed by atoms with Gasteiger partial charge in [-0.15, -0.1) is 0 Å². The van der Waals surface area contributed by atoms with Crippen LogP contribution in [0.15, 0.2) is 23.9 Å². The minimum absolute atomic E-state index is 0.685. The summed E-state index contributed by atoms with van der Waals surface area (Å²) in [5, 5.41) is 3.01. The van der Waals surface area contributed by atoms with Gasteiger partial charge < -0.3 is 5.32 Å². The Hall–Kier alpha value is -0.720. The van der Waals surface area contributed by atoms with Crippen LogP contribution in [0.5, 0.6) is 0 Å². The Balaban J connectivity index is 4.06. The highest BCUT2D eigenvalue weighted by atomic mass is 14.8. The van der Waals surface area contributed by atoms with Crippen LogP contribution in [0.3, 0.4) is 0 Å². The van der Waals surface area contributed by atoms with Crippen LogP contribution in [0.1, 0.15) is 33.6 Å². The lowest BCUT2D eigenvalue weighted by Crippen LogP contribution is -1.98. The second kappa shape index (κ2) is 6.96. The Morgan fingerprint density at radius 1 is 1.50 bits per heavy atom. The van der Waals surface area contributed by atoms with Gasteiger partial charge in [-0.25, -0.2) is 0 Å². The van der Waals surface area contributed by atoms with Gasteiger partial charge in [0.15, 0.2) is 0 Å². The van der Waals surface area contributed by atoms with Crippen LogP contribution in [-0.4, -0.2) is 7.05 Å². The summed E-state index contributed by atoms with van der Waals surface area (Å²) >= 11 is 0. The smallest absolute Gasteiger partial charge is 0.00277 e. The monoisotopic (exact) mass is 167 g/mol. The molecule has 1 heteroatoms. The first-order chi connectivity index (χ1) is 5.76. The molecule has 0 saturated heterocycles. The number of hydrogen-bond acceptors (Lipinski definition) is 1. The summed E-state index contributed by atoms with van der Waals surface area (Å²) < 4.78 is 0. The number of rotatable bonds is 5. The number of allylic oxidation sites excluding steroid dienone is 3. The summed E-state index contributed by atoms with van der Waals surface area (Å²) in [5.41, 5.74) is 1.42. The van der Waals surface area contributed by atoms with Crippen molar-refractivity contribution in [2.75, 3.05) is 7.05 Å². The third-order valence-electron chi connectivity index (χ3n) is 2.07. The Morgan fingerprint density at radius 2 is 2.17 bits per heavy atom. The van der Waals surface area contributed by atoms with E-state index >= 15 is 0 Å². The van der Waals surface area contributed by atoms with E-state index in [2.05, 4.69) is 38.2 Å². The second-order valence-electron chi connectivity index (χ2n) is 3.10. The molecule has 0 saturated carbocycles. The van der Waals surface area contributed by atoms with Crippen LogP contribution < -0.4 is 5.32 Å². The maximum atomic E-state index is 3.01. The average molecular weight is 167 g/mol. The summed E-state index contributed by atoms with van der Waals surface area (Å²) in [5.74, 6) is 0.685. The molecule has 1 N–H and O–H groups in total. The summed E-state index contributed by atoms with van der Waals surface area (Å²) in [7, 11) is 1.92. The van der Waals surface area contributed by atoms with Crippen molar-refractivity contribution in [3.05, 3.63) is 23.9 Å². The third-order valence-corrected chi connectivity index (χ3v) is 2.07. The molecule has 0 amide bonds. The third kappa shape index (κ3) is 4.22. The van der Waals surface area contributed by atoms with E-state index in [1.807, 2.05) is 13.2 Å². The molecule has 0 aromatic heterocycles. The fourth-order valence-electron chi connectivity index (χ4n) is 1.32. The van der Waals surface area contributed by atoms with Crippen LogP contribution >= 0.6 is 0 Å². The standard InChI is InChI=1S/C11H21N/c1-5-7-10(3)11(6-2)8-9-12-4/h6,8-10,12H,5,7H2,1-4H3/b9-8-,11-6+. The van der Waals surface area contributed by atoms with Crippen LogP contribution in [0.2, 0.25) is 0 Å². The first-order valence-corrected chi connectivity index (χ1v) is 4.76. The molecule has 12 heavy (non-hydrogen) atoms. The van der Waals surface area contributed by atoms with Gasteiger partial charge in [0, 0.05) is 7.05 Å². The van der Waals surface area contributed by atoms with Crippen molar-refractivity contribution in [1.29, 1.82) is 0 Å². The molecule has 0 aliphatic carbocycles. The molecule has 0 aliphatic heterocycles. The molecule has 0 heterocycles. The normalized spacial score (nSPS) is 15.2. The minimum Gasteiger partial charge on any atom is -0.394 e. The number of nitrogens with one attached hydrogen (secondary N) is 1. The molecular weight excluding hydrogens is 146 g/mol. The maximum absolute atomic E-state index is 3.01. The van der Waals surface area contributed by atoms with E-state index in [-0.39, 0.29) is 0 Å². The zero-order valence-electron chi connectivity index (χ0n) is 8.72. The topological polar surface area (TPSA) is 12.0 Å². The van der Waals surface area contributed by atoms with Crippen molar-refractivity contribution in [3.63, 3.8) is 0 Å². The first kappa shape index (κ1) is 11.3. The molecule has 0 aliphatic rings. The minimum atomic E-state index is 0.685. The first-order valence-electron chi connectivity index (χ1n) is 4.76. The van der Waals surface area contributed by atoms with Gasteiger partial charge in [-0.3, -0.25) is 0 Å². The molecular formula is C11H21N. The quantitative estimate of drug-likeness (QED) is 0.620. The SMILES string of the molecule is C/C=C(\C=C/NC)C(C)CCC. The second-order valence-corrected chi connectivity index (χ2v) is 3.10. The highest BCUT2D eigenvalue weighted by Gasteiger charge is 2.02. The van der Waals surface area contributed by atoms with Crippen LogP contribution in [0.25, 0.3) is 0 Å².